The molecule has 4 rings (SSSR count). The molecule has 35 heavy (non-hydrogen) atoms. The second kappa shape index (κ2) is 8.48. The molecule has 1 aromatic rings. The molecule has 0 bridgehead atoms. The van der Waals surface area contributed by atoms with Crippen molar-refractivity contribution >= 4 is 0 Å². The van der Waals surface area contributed by atoms with E-state index in [-0.39, 0.29) is 12.5 Å². The molecule has 0 aromatic heterocycles. The fraction of sp³-hybridized carbons (Fsp3) is 0.786. The van der Waals surface area contributed by atoms with Gasteiger partial charge in [-0.05, 0) is 53.4 Å². The summed E-state index contributed by atoms with van der Waals surface area (Å²) in [6, 6.07) is 9.72. The molecule has 3 heterocycles. The van der Waals surface area contributed by atoms with Gasteiger partial charge in [-0.25, -0.2) is 0 Å². The first-order chi connectivity index (χ1) is 16.1. The van der Waals surface area contributed by atoms with Crippen LogP contribution >= 0.6 is 0 Å². The van der Waals surface area contributed by atoms with Crippen molar-refractivity contribution in [2.24, 2.45) is 17.8 Å². The molecular formula is C28H44O7. The monoisotopic (exact) mass is 492 g/mol. The van der Waals surface area contributed by atoms with Gasteiger partial charge in [0.05, 0.1) is 13.2 Å². The minimum absolute atomic E-state index is 0.0637. The first kappa shape index (κ1) is 27.0. The molecule has 0 aliphatic carbocycles. The molecule has 3 fully saturated rings. The fourth-order valence-corrected chi connectivity index (χ4v) is 6.21. The quantitative estimate of drug-likeness (QED) is 0.646. The highest BCUT2D eigenvalue weighted by Gasteiger charge is 2.79. The molecule has 0 radical (unpaired) electrons. The Labute approximate surface area is 210 Å². The first-order valence-electron chi connectivity index (χ1n) is 12.8. The molecule has 0 unspecified atom stereocenters. The van der Waals surface area contributed by atoms with Crippen LogP contribution in [0.1, 0.15) is 74.2 Å². The van der Waals surface area contributed by atoms with Gasteiger partial charge >= 0.3 is 0 Å². The van der Waals surface area contributed by atoms with Crippen molar-refractivity contribution in [3.8, 4) is 0 Å². The lowest BCUT2D eigenvalue weighted by molar-refractivity contribution is -0.516. The lowest BCUT2D eigenvalue weighted by Crippen LogP contribution is -2.87. The van der Waals surface area contributed by atoms with Crippen molar-refractivity contribution in [1.82, 2.24) is 0 Å². The van der Waals surface area contributed by atoms with E-state index in [4.69, 9.17) is 28.4 Å². The smallest absolute Gasteiger partial charge is 0.198 e. The van der Waals surface area contributed by atoms with Gasteiger partial charge in [-0.1, -0.05) is 51.1 Å². The van der Waals surface area contributed by atoms with Gasteiger partial charge in [-0.3, -0.25) is 0 Å². The zero-order chi connectivity index (χ0) is 26.1. The number of fused-ring (bicyclic) bond motifs is 1. The van der Waals surface area contributed by atoms with E-state index in [1.807, 2.05) is 58.0 Å². The Kier molecular flexibility index (Phi) is 6.54. The van der Waals surface area contributed by atoms with Crippen LogP contribution in [-0.2, 0) is 28.4 Å². The van der Waals surface area contributed by atoms with Crippen LogP contribution in [0.25, 0.3) is 0 Å². The summed E-state index contributed by atoms with van der Waals surface area (Å²) in [6.07, 6.45) is -0.665. The van der Waals surface area contributed by atoms with Crippen LogP contribution in [0.15, 0.2) is 30.3 Å². The van der Waals surface area contributed by atoms with Gasteiger partial charge in [0.2, 0.25) is 0 Å². The highest BCUT2D eigenvalue weighted by Crippen LogP contribution is 2.61. The van der Waals surface area contributed by atoms with E-state index in [2.05, 4.69) is 20.8 Å². The average molecular weight is 493 g/mol. The van der Waals surface area contributed by atoms with Gasteiger partial charge in [0.1, 0.15) is 16.8 Å². The van der Waals surface area contributed by atoms with Crippen molar-refractivity contribution in [3.05, 3.63) is 35.9 Å². The number of hydrogen-bond acceptors (Lipinski definition) is 7. The SMILES string of the molecule is CO[C@@]1(C)O[C@]2(C)CO[C@H](c3ccccc3)O[C@@]2(C)[C@@](C)(O)[C@]1(C)O[C@]1(C)OC[C@H](C)[C@@H](C)[C@@H]1C. The largest absolute Gasteiger partial charge is 0.384 e. The Morgan fingerprint density at radius 1 is 0.971 bits per heavy atom. The molecule has 7 nitrogen and oxygen atoms in total. The van der Waals surface area contributed by atoms with E-state index >= 15 is 0 Å². The van der Waals surface area contributed by atoms with Gasteiger partial charge in [-0.15, -0.1) is 0 Å². The topological polar surface area (TPSA) is 75.6 Å². The predicted molar refractivity (Wildman–Crippen MR) is 131 cm³/mol. The van der Waals surface area contributed by atoms with E-state index in [1.165, 1.54) is 0 Å². The molecular weight excluding hydrogens is 448 g/mol. The van der Waals surface area contributed by atoms with Gasteiger partial charge in [0.25, 0.3) is 0 Å². The summed E-state index contributed by atoms with van der Waals surface area (Å²) in [5.41, 5.74) is -4.36. The van der Waals surface area contributed by atoms with Crippen LogP contribution in [0.5, 0.6) is 0 Å². The Morgan fingerprint density at radius 3 is 2.20 bits per heavy atom. The Bertz CT molecular complexity index is 923. The molecule has 10 atom stereocenters. The second-order valence-corrected chi connectivity index (χ2v) is 11.8. The average Bonchev–Trinajstić information content (AvgIpc) is 2.82. The molecule has 0 spiro atoms. The zero-order valence-corrected chi connectivity index (χ0v) is 23.0. The Morgan fingerprint density at radius 2 is 1.60 bits per heavy atom. The van der Waals surface area contributed by atoms with Crippen LogP contribution in [0, 0.1) is 17.8 Å². The maximum atomic E-state index is 12.6. The molecule has 0 saturated carbocycles. The third-order valence-electron chi connectivity index (χ3n) is 10.0. The minimum atomic E-state index is -1.59. The standard InChI is InChI=1S/C28H44O7/c1-18-16-32-24(5,20(3)19(18)2)35-27(8)25(6,29)26(7)23(4,34-28(27,9)30-10)17-31-22(33-26)21-14-12-11-13-15-21/h11-15,18-20,22,29H,16-17H2,1-10H3/t18-,19+,20-,22-,23+,24-,25+,26+,27-,28-/m0/s1. The third-order valence-corrected chi connectivity index (χ3v) is 10.0. The first-order valence-corrected chi connectivity index (χ1v) is 12.8. The van der Waals surface area contributed by atoms with Crippen molar-refractivity contribution in [2.45, 2.75) is 103 Å². The second-order valence-electron chi connectivity index (χ2n) is 11.8. The minimum Gasteiger partial charge on any atom is -0.384 e. The van der Waals surface area contributed by atoms with Crippen molar-refractivity contribution in [3.63, 3.8) is 0 Å². The highest BCUT2D eigenvalue weighted by molar-refractivity contribution is 5.26. The number of benzene rings is 1. The van der Waals surface area contributed by atoms with Crippen molar-refractivity contribution < 1.29 is 33.5 Å². The van der Waals surface area contributed by atoms with Crippen LogP contribution < -0.4 is 0 Å². The van der Waals surface area contributed by atoms with Gasteiger partial charge in [0.15, 0.2) is 23.5 Å². The maximum absolute atomic E-state index is 12.6. The normalized spacial score (nSPS) is 52.7. The van der Waals surface area contributed by atoms with E-state index in [0.29, 0.717) is 18.4 Å². The number of hydrogen-bond donors (Lipinski definition) is 1. The Balaban J connectivity index is 1.79. The molecule has 0 amide bonds. The summed E-state index contributed by atoms with van der Waals surface area (Å²) in [7, 11) is 1.57. The predicted octanol–water partition coefficient (Wildman–Crippen LogP) is 4.82. The van der Waals surface area contributed by atoms with Crippen LogP contribution in [0.2, 0.25) is 0 Å². The summed E-state index contributed by atoms with van der Waals surface area (Å²) < 4.78 is 38.7. The van der Waals surface area contributed by atoms with Gasteiger partial charge in [0, 0.05) is 18.6 Å². The van der Waals surface area contributed by atoms with Crippen LogP contribution in [-0.4, -0.2) is 59.4 Å². The zero-order valence-electron chi connectivity index (χ0n) is 23.0. The van der Waals surface area contributed by atoms with E-state index in [0.717, 1.165) is 5.56 Å². The summed E-state index contributed by atoms with van der Waals surface area (Å²) >= 11 is 0. The number of rotatable bonds is 4. The molecule has 3 aliphatic rings. The third kappa shape index (κ3) is 3.65. The van der Waals surface area contributed by atoms with Crippen molar-refractivity contribution in [1.29, 1.82) is 0 Å². The highest BCUT2D eigenvalue weighted by atomic mass is 16.8. The molecule has 1 N–H and O–H groups in total. The lowest BCUT2D eigenvalue weighted by atomic mass is 9.60. The molecule has 7 heteroatoms. The number of methoxy groups -OCH3 is 1. The summed E-state index contributed by atoms with van der Waals surface area (Å²) in [5, 5.41) is 12.6. The fourth-order valence-electron chi connectivity index (χ4n) is 6.21. The van der Waals surface area contributed by atoms with Gasteiger partial charge in [-0.2, -0.15) is 0 Å². The molecule has 198 valence electrons. The summed E-state index contributed by atoms with van der Waals surface area (Å²) in [4.78, 5) is 0. The van der Waals surface area contributed by atoms with E-state index in [9.17, 15) is 5.11 Å². The van der Waals surface area contributed by atoms with Gasteiger partial charge < -0.3 is 33.5 Å². The molecule has 3 saturated heterocycles. The van der Waals surface area contributed by atoms with Crippen LogP contribution in [0.4, 0.5) is 0 Å². The lowest BCUT2D eigenvalue weighted by Gasteiger charge is -2.70. The molecule has 1 aromatic carbocycles. The van der Waals surface area contributed by atoms with Crippen molar-refractivity contribution in [2.75, 3.05) is 20.3 Å². The van der Waals surface area contributed by atoms with E-state index < -0.39 is 40.3 Å². The summed E-state index contributed by atoms with van der Waals surface area (Å²) in [6.45, 7) is 18.4. The number of aliphatic hydroxyl groups is 1. The summed E-state index contributed by atoms with van der Waals surface area (Å²) in [5.74, 6) is -1.48. The number of ether oxygens (including phenoxy) is 6. The maximum Gasteiger partial charge on any atom is 0.198 e. The van der Waals surface area contributed by atoms with Crippen LogP contribution in [0.3, 0.4) is 0 Å². The van der Waals surface area contributed by atoms with E-state index in [1.54, 1.807) is 21.0 Å². The molecule has 3 aliphatic heterocycles. The Hall–Kier alpha value is -1.06.